The number of aromatic carboxylic acids is 1. The van der Waals surface area contributed by atoms with Gasteiger partial charge >= 0.3 is 5.97 Å². The van der Waals surface area contributed by atoms with E-state index in [2.05, 4.69) is 15.9 Å². The summed E-state index contributed by atoms with van der Waals surface area (Å²) in [6.45, 7) is 0.406. The van der Waals surface area contributed by atoms with Gasteiger partial charge in [0.1, 0.15) is 18.1 Å². The molecule has 0 amide bonds. The van der Waals surface area contributed by atoms with Crippen LogP contribution in [0, 0.1) is 0 Å². The molecule has 0 aromatic heterocycles. The van der Waals surface area contributed by atoms with Gasteiger partial charge in [-0.05, 0) is 51.8 Å². The van der Waals surface area contributed by atoms with Crippen molar-refractivity contribution in [1.82, 2.24) is 0 Å². The summed E-state index contributed by atoms with van der Waals surface area (Å²) in [6, 6.07) is 12.4. The number of methoxy groups -OCH3 is 1. The van der Waals surface area contributed by atoms with Crippen LogP contribution in [-0.4, -0.2) is 18.2 Å². The van der Waals surface area contributed by atoms with Gasteiger partial charge in [0.2, 0.25) is 0 Å². The Morgan fingerprint density at radius 3 is 2.35 bits per heavy atom. The minimum atomic E-state index is -0.974. The summed E-state index contributed by atoms with van der Waals surface area (Å²) in [6.07, 6.45) is 0. The Labute approximate surface area is 125 Å². The van der Waals surface area contributed by atoms with Crippen molar-refractivity contribution in [2.45, 2.75) is 6.61 Å². The van der Waals surface area contributed by atoms with Gasteiger partial charge in [0.15, 0.2) is 0 Å². The van der Waals surface area contributed by atoms with Gasteiger partial charge in [-0.15, -0.1) is 0 Å². The molecule has 0 unspecified atom stereocenters. The van der Waals surface area contributed by atoms with Crippen molar-refractivity contribution in [1.29, 1.82) is 0 Å². The van der Waals surface area contributed by atoms with E-state index < -0.39 is 5.97 Å². The van der Waals surface area contributed by atoms with E-state index in [1.54, 1.807) is 19.2 Å². The molecule has 0 saturated heterocycles. The highest BCUT2D eigenvalue weighted by Gasteiger charge is 2.08. The highest BCUT2D eigenvalue weighted by molar-refractivity contribution is 9.10. The maximum atomic E-state index is 10.9. The summed E-state index contributed by atoms with van der Waals surface area (Å²) in [5, 5.41) is 8.93. The van der Waals surface area contributed by atoms with Crippen molar-refractivity contribution in [3.8, 4) is 11.5 Å². The number of hydrogen-bond donors (Lipinski definition) is 1. The van der Waals surface area contributed by atoms with Crippen LogP contribution in [0.15, 0.2) is 46.9 Å². The van der Waals surface area contributed by atoms with E-state index in [1.165, 1.54) is 6.07 Å². The highest BCUT2D eigenvalue weighted by Crippen LogP contribution is 2.24. The minimum absolute atomic E-state index is 0.210. The first kappa shape index (κ1) is 14.4. The number of benzene rings is 2. The van der Waals surface area contributed by atoms with Crippen molar-refractivity contribution in [2.75, 3.05) is 7.11 Å². The van der Waals surface area contributed by atoms with Crippen LogP contribution in [0.5, 0.6) is 11.5 Å². The second-order valence-corrected chi connectivity index (χ2v) is 4.94. The maximum absolute atomic E-state index is 10.9. The number of rotatable bonds is 5. The number of ether oxygens (including phenoxy) is 2. The van der Waals surface area contributed by atoms with E-state index in [0.717, 1.165) is 11.3 Å². The lowest BCUT2D eigenvalue weighted by Crippen LogP contribution is -1.99. The van der Waals surface area contributed by atoms with Gasteiger partial charge in [-0.3, -0.25) is 0 Å². The van der Waals surface area contributed by atoms with E-state index in [0.29, 0.717) is 16.8 Å². The smallest absolute Gasteiger partial charge is 0.336 e. The molecule has 0 atom stereocenters. The van der Waals surface area contributed by atoms with Gasteiger partial charge in [0.05, 0.1) is 12.7 Å². The molecule has 1 N–H and O–H groups in total. The molecular weight excluding hydrogens is 324 g/mol. The van der Waals surface area contributed by atoms with Crippen molar-refractivity contribution in [3.05, 3.63) is 58.1 Å². The molecule has 104 valence electrons. The molecule has 2 aromatic rings. The summed E-state index contributed by atoms with van der Waals surface area (Å²) in [7, 11) is 1.62. The quantitative estimate of drug-likeness (QED) is 0.903. The van der Waals surface area contributed by atoms with E-state index in [1.807, 2.05) is 24.3 Å². The average molecular weight is 337 g/mol. The molecule has 0 saturated carbocycles. The molecule has 0 heterocycles. The Bertz CT molecular complexity index is 608. The molecule has 0 bridgehead atoms. The van der Waals surface area contributed by atoms with Gasteiger partial charge < -0.3 is 14.6 Å². The highest BCUT2D eigenvalue weighted by atomic mass is 79.9. The van der Waals surface area contributed by atoms with Crippen LogP contribution in [-0.2, 0) is 6.61 Å². The van der Waals surface area contributed by atoms with Gasteiger partial charge in [0.25, 0.3) is 0 Å². The third-order valence-corrected chi connectivity index (χ3v) is 3.39. The van der Waals surface area contributed by atoms with Gasteiger partial charge in [-0.2, -0.15) is 0 Å². The maximum Gasteiger partial charge on any atom is 0.336 e. The summed E-state index contributed by atoms with van der Waals surface area (Å²) in [5.74, 6) is 0.429. The summed E-state index contributed by atoms with van der Waals surface area (Å²) in [4.78, 5) is 10.9. The number of carboxylic acids is 1. The first-order valence-corrected chi connectivity index (χ1v) is 6.68. The second kappa shape index (κ2) is 6.43. The average Bonchev–Trinajstić information content (AvgIpc) is 2.45. The number of carboxylic acid groups (broad SMARTS) is 1. The zero-order chi connectivity index (χ0) is 14.5. The fourth-order valence-electron chi connectivity index (χ4n) is 1.65. The number of hydrogen-bond acceptors (Lipinski definition) is 3. The Morgan fingerprint density at radius 1 is 1.15 bits per heavy atom. The fraction of sp³-hybridized carbons (Fsp3) is 0.133. The molecule has 2 aromatic carbocycles. The Balaban J connectivity index is 2.03. The van der Waals surface area contributed by atoms with Crippen molar-refractivity contribution in [3.63, 3.8) is 0 Å². The van der Waals surface area contributed by atoms with Crippen molar-refractivity contribution >= 4 is 21.9 Å². The molecule has 2 rings (SSSR count). The van der Waals surface area contributed by atoms with Gasteiger partial charge in [-0.25, -0.2) is 4.79 Å². The van der Waals surface area contributed by atoms with E-state index in [-0.39, 0.29) is 5.56 Å². The summed E-state index contributed by atoms with van der Waals surface area (Å²) >= 11 is 3.22. The van der Waals surface area contributed by atoms with E-state index in [4.69, 9.17) is 14.6 Å². The number of carbonyl (C=O) groups is 1. The molecule has 0 aliphatic carbocycles. The van der Waals surface area contributed by atoms with E-state index >= 15 is 0 Å². The van der Waals surface area contributed by atoms with Crippen LogP contribution >= 0.6 is 15.9 Å². The third-order valence-electron chi connectivity index (χ3n) is 2.74. The van der Waals surface area contributed by atoms with Crippen molar-refractivity contribution in [2.24, 2.45) is 0 Å². The Hall–Kier alpha value is -2.01. The molecule has 5 heteroatoms. The third kappa shape index (κ3) is 3.51. The van der Waals surface area contributed by atoms with Crippen LogP contribution in [0.3, 0.4) is 0 Å². The lowest BCUT2D eigenvalue weighted by atomic mass is 10.2. The van der Waals surface area contributed by atoms with Crippen LogP contribution in [0.1, 0.15) is 15.9 Å². The lowest BCUT2D eigenvalue weighted by Gasteiger charge is -2.08. The second-order valence-electron chi connectivity index (χ2n) is 4.08. The standard InChI is InChI=1S/C15H13BrO4/c1-19-11-4-2-10(3-5-11)9-20-12-6-7-13(15(17)18)14(16)8-12/h2-8H,9H2,1H3,(H,17,18). The topological polar surface area (TPSA) is 55.8 Å². The monoisotopic (exact) mass is 336 g/mol. The Morgan fingerprint density at radius 2 is 1.80 bits per heavy atom. The summed E-state index contributed by atoms with van der Waals surface area (Å²) < 4.78 is 11.2. The Kier molecular flexibility index (Phi) is 4.63. The van der Waals surface area contributed by atoms with E-state index in [9.17, 15) is 4.79 Å². The first-order valence-electron chi connectivity index (χ1n) is 5.88. The predicted octanol–water partition coefficient (Wildman–Crippen LogP) is 3.73. The lowest BCUT2D eigenvalue weighted by molar-refractivity contribution is 0.0696. The molecule has 0 spiro atoms. The molecule has 4 nitrogen and oxygen atoms in total. The normalized spacial score (nSPS) is 10.1. The fourth-order valence-corrected chi connectivity index (χ4v) is 2.17. The molecule has 20 heavy (non-hydrogen) atoms. The molecular formula is C15H13BrO4. The minimum Gasteiger partial charge on any atom is -0.497 e. The van der Waals surface area contributed by atoms with Crippen LogP contribution in [0.25, 0.3) is 0 Å². The van der Waals surface area contributed by atoms with Crippen molar-refractivity contribution < 1.29 is 19.4 Å². The molecule has 0 radical (unpaired) electrons. The summed E-state index contributed by atoms with van der Waals surface area (Å²) in [5.41, 5.74) is 1.21. The van der Waals surface area contributed by atoms with Crippen LogP contribution < -0.4 is 9.47 Å². The largest absolute Gasteiger partial charge is 0.497 e. The van der Waals surface area contributed by atoms with Crippen LogP contribution in [0.4, 0.5) is 0 Å². The van der Waals surface area contributed by atoms with Gasteiger partial charge in [-0.1, -0.05) is 12.1 Å². The first-order chi connectivity index (χ1) is 9.60. The molecule has 0 aliphatic rings. The predicted molar refractivity (Wildman–Crippen MR) is 78.4 cm³/mol. The number of halogens is 1. The zero-order valence-corrected chi connectivity index (χ0v) is 12.4. The zero-order valence-electron chi connectivity index (χ0n) is 10.8. The molecule has 0 aliphatic heterocycles. The van der Waals surface area contributed by atoms with Gasteiger partial charge in [0, 0.05) is 4.47 Å². The van der Waals surface area contributed by atoms with Crippen LogP contribution in [0.2, 0.25) is 0 Å². The molecule has 0 fully saturated rings. The SMILES string of the molecule is COc1ccc(COc2ccc(C(=O)O)c(Br)c2)cc1.